The number of benzene rings is 3. The molecule has 182 valence electrons. The van der Waals surface area contributed by atoms with Gasteiger partial charge in [0.2, 0.25) is 0 Å². The molecule has 0 aliphatic heterocycles. The molecule has 5 nitrogen and oxygen atoms in total. The summed E-state index contributed by atoms with van der Waals surface area (Å²) < 4.78 is 0. The number of hydrogen-bond donors (Lipinski definition) is 4. The predicted molar refractivity (Wildman–Crippen MR) is 151 cm³/mol. The second-order valence-electron chi connectivity index (χ2n) is 10.5. The molecule has 0 aliphatic carbocycles. The standard InChI is InChI=1S/C28H40N5P/c1-27(2,20-28(3,4)33-26(31)32-25(29)30)21-34(22-14-8-5-9-15-22,23-16-10-6-11-17-23)24-18-12-7-13-19-24/h5-19,25,34H,20-21,29-30H2,1-4H3,(H3,31,32,33). The molecule has 0 radical (unpaired) electrons. The molecule has 0 saturated heterocycles. The second kappa shape index (κ2) is 10.7. The van der Waals surface area contributed by atoms with E-state index >= 15 is 0 Å². The molecule has 0 atom stereocenters. The van der Waals surface area contributed by atoms with Gasteiger partial charge in [-0.2, -0.15) is 0 Å². The van der Waals surface area contributed by atoms with E-state index < -0.39 is 13.6 Å². The molecule has 0 heterocycles. The molecule has 0 bridgehead atoms. The molecule has 0 aliphatic rings. The maximum atomic E-state index is 6.07. The number of guanidine groups is 1. The first kappa shape index (κ1) is 25.9. The zero-order valence-corrected chi connectivity index (χ0v) is 21.8. The van der Waals surface area contributed by atoms with E-state index in [4.69, 9.17) is 17.2 Å². The zero-order chi connectivity index (χ0) is 24.8. The first-order chi connectivity index (χ1) is 16.0. The fourth-order valence-electron chi connectivity index (χ4n) is 5.53. The molecule has 6 heteroatoms. The fraction of sp³-hybridized carbons (Fsp3) is 0.321. The molecule has 0 saturated carbocycles. The molecule has 3 aromatic rings. The molecular formula is C28H40N5P. The summed E-state index contributed by atoms with van der Waals surface area (Å²) in [5.41, 5.74) is 16.9. The van der Waals surface area contributed by atoms with Crippen LogP contribution >= 0.6 is 7.26 Å². The van der Waals surface area contributed by atoms with Crippen molar-refractivity contribution >= 4 is 29.1 Å². The van der Waals surface area contributed by atoms with Gasteiger partial charge < -0.3 is 0 Å². The third-order valence-corrected chi connectivity index (χ3v) is 11.7. The minimum absolute atomic E-state index is 0.0185. The van der Waals surface area contributed by atoms with E-state index in [1.54, 1.807) is 0 Å². The number of nitrogens with one attached hydrogen (secondary N) is 1. The Bertz CT molecular complexity index is 967. The van der Waals surface area contributed by atoms with Crippen LogP contribution in [0.2, 0.25) is 0 Å². The summed E-state index contributed by atoms with van der Waals surface area (Å²) in [6.45, 7) is 9.01. The molecule has 7 N–H and O–H groups in total. The van der Waals surface area contributed by atoms with E-state index in [0.29, 0.717) is 0 Å². The van der Waals surface area contributed by atoms with E-state index in [9.17, 15) is 0 Å². The summed E-state index contributed by atoms with van der Waals surface area (Å²) in [6, 6.07) is 33.1. The van der Waals surface area contributed by atoms with Crippen LogP contribution in [0, 0.1) is 5.41 Å². The monoisotopic (exact) mass is 477 g/mol. The van der Waals surface area contributed by atoms with Crippen LogP contribution < -0.4 is 38.4 Å². The van der Waals surface area contributed by atoms with Crippen molar-refractivity contribution in [2.45, 2.75) is 45.9 Å². The van der Waals surface area contributed by atoms with Gasteiger partial charge in [-0.15, -0.1) is 0 Å². The summed E-state index contributed by atoms with van der Waals surface area (Å²) in [6.07, 6.45) is 1.10. The van der Waals surface area contributed by atoms with Crippen molar-refractivity contribution in [1.29, 1.82) is 0 Å². The van der Waals surface area contributed by atoms with Crippen molar-refractivity contribution in [2.24, 2.45) is 27.6 Å². The summed E-state index contributed by atoms with van der Waals surface area (Å²) in [7, 11) is -2.35. The van der Waals surface area contributed by atoms with Gasteiger partial charge in [0.25, 0.3) is 0 Å². The number of nitrogens with zero attached hydrogens (tertiary/aromatic N) is 1. The first-order valence-electron chi connectivity index (χ1n) is 11.8. The molecular weight excluding hydrogens is 437 g/mol. The number of hydrogen-bond acceptors (Lipinski definition) is 3. The molecule has 0 amide bonds. The molecule has 34 heavy (non-hydrogen) atoms. The van der Waals surface area contributed by atoms with Crippen LogP contribution in [0.3, 0.4) is 0 Å². The number of nitrogens with two attached hydrogens (primary N) is 3. The third-order valence-electron chi connectivity index (χ3n) is 6.22. The number of rotatable bonds is 9. The van der Waals surface area contributed by atoms with Crippen LogP contribution in [0.1, 0.15) is 34.1 Å². The molecule has 0 aromatic heterocycles. The molecule has 0 fully saturated rings. The van der Waals surface area contributed by atoms with Crippen molar-refractivity contribution in [3.05, 3.63) is 91.0 Å². The Morgan fingerprint density at radius 1 is 0.765 bits per heavy atom. The SMILES string of the molecule is CC(C)(CC(C)(C)N/C(N)=N/C(N)N)C[PH](c1ccccc1)(c1ccccc1)c1ccccc1. The fourth-order valence-corrected chi connectivity index (χ4v) is 11.0. The Morgan fingerprint density at radius 2 is 1.15 bits per heavy atom. The van der Waals surface area contributed by atoms with Gasteiger partial charge in [0.1, 0.15) is 0 Å². The van der Waals surface area contributed by atoms with E-state index in [0.717, 1.165) is 12.6 Å². The average Bonchev–Trinajstić information content (AvgIpc) is 2.77. The second-order valence-corrected chi connectivity index (χ2v) is 14.4. The van der Waals surface area contributed by atoms with Gasteiger partial charge in [0.05, 0.1) is 0 Å². The molecule has 3 aromatic carbocycles. The quantitative estimate of drug-likeness (QED) is 0.165. The zero-order valence-electron chi connectivity index (χ0n) is 20.8. The van der Waals surface area contributed by atoms with E-state index in [2.05, 4.69) is 129 Å². The van der Waals surface area contributed by atoms with Crippen molar-refractivity contribution < 1.29 is 0 Å². The Hall–Kier alpha value is -2.72. The van der Waals surface area contributed by atoms with Gasteiger partial charge in [-0.05, 0) is 0 Å². The summed E-state index contributed by atoms with van der Waals surface area (Å²) >= 11 is 0. The third kappa shape index (κ3) is 6.44. The summed E-state index contributed by atoms with van der Waals surface area (Å²) in [5.74, 6) is 0.272. The molecule has 0 spiro atoms. The topological polar surface area (TPSA) is 102 Å². The van der Waals surface area contributed by atoms with Gasteiger partial charge in [0.15, 0.2) is 0 Å². The Morgan fingerprint density at radius 3 is 1.50 bits per heavy atom. The van der Waals surface area contributed by atoms with Gasteiger partial charge in [-0.25, -0.2) is 0 Å². The maximum absolute atomic E-state index is 6.07. The first-order valence-corrected chi connectivity index (χ1v) is 14.0. The Kier molecular flexibility index (Phi) is 8.14. The van der Waals surface area contributed by atoms with Gasteiger partial charge in [-0.3, -0.25) is 0 Å². The van der Waals surface area contributed by atoms with Crippen LogP contribution in [0.15, 0.2) is 96.0 Å². The van der Waals surface area contributed by atoms with Crippen molar-refractivity contribution in [1.82, 2.24) is 5.32 Å². The van der Waals surface area contributed by atoms with Gasteiger partial charge in [0, 0.05) is 0 Å². The van der Waals surface area contributed by atoms with Crippen LogP contribution in [0.25, 0.3) is 0 Å². The van der Waals surface area contributed by atoms with Crippen LogP contribution in [-0.4, -0.2) is 24.0 Å². The van der Waals surface area contributed by atoms with Crippen molar-refractivity contribution in [3.8, 4) is 0 Å². The summed E-state index contributed by atoms with van der Waals surface area (Å²) in [5, 5.41) is 7.59. The van der Waals surface area contributed by atoms with Gasteiger partial charge >= 0.3 is 205 Å². The predicted octanol–water partition coefficient (Wildman–Crippen LogP) is 3.01. The normalized spacial score (nSPS) is 13.7. The summed E-state index contributed by atoms with van der Waals surface area (Å²) in [4.78, 5) is 4.06. The Balaban J connectivity index is 2.09. The van der Waals surface area contributed by atoms with E-state index in [-0.39, 0.29) is 16.9 Å². The van der Waals surface area contributed by atoms with Crippen molar-refractivity contribution in [2.75, 3.05) is 6.16 Å². The van der Waals surface area contributed by atoms with E-state index in [1.807, 2.05) is 0 Å². The average molecular weight is 478 g/mol. The molecule has 0 unspecified atom stereocenters. The van der Waals surface area contributed by atoms with Crippen LogP contribution in [-0.2, 0) is 0 Å². The van der Waals surface area contributed by atoms with Gasteiger partial charge in [-0.1, -0.05) is 0 Å². The van der Waals surface area contributed by atoms with E-state index in [1.165, 1.54) is 15.9 Å². The van der Waals surface area contributed by atoms with Crippen LogP contribution in [0.4, 0.5) is 0 Å². The number of aliphatic imine (C=N–C) groups is 1. The van der Waals surface area contributed by atoms with Crippen LogP contribution in [0.5, 0.6) is 0 Å². The Labute approximate surface area is 205 Å². The van der Waals surface area contributed by atoms with Crippen molar-refractivity contribution in [3.63, 3.8) is 0 Å². The molecule has 3 rings (SSSR count). The minimum atomic E-state index is -2.35.